The van der Waals surface area contributed by atoms with Gasteiger partial charge in [0.05, 0.1) is 11.1 Å². The Kier molecular flexibility index (Phi) is 6.00. The molecular weight excluding hydrogens is 264 g/mol. The Morgan fingerprint density at radius 3 is 1.63 bits per heavy atom. The van der Waals surface area contributed by atoms with Crippen molar-refractivity contribution in [3.05, 3.63) is 0 Å². The molecular formula is C14H29ClN2O2. The van der Waals surface area contributed by atoms with Crippen LogP contribution in [0.1, 0.15) is 68.7 Å². The van der Waals surface area contributed by atoms with Gasteiger partial charge in [-0.15, -0.1) is 0 Å². The van der Waals surface area contributed by atoms with Crippen LogP contribution in [0.15, 0.2) is 10.2 Å². The van der Waals surface area contributed by atoms with E-state index in [1.165, 1.54) is 0 Å². The summed E-state index contributed by atoms with van der Waals surface area (Å²) in [4.78, 5) is 10.0. The fourth-order valence-corrected chi connectivity index (χ4v) is 1.69. The highest BCUT2D eigenvalue weighted by atomic mass is 35.5. The molecule has 1 atom stereocenters. The first kappa shape index (κ1) is 18.8. The largest absolute Gasteiger partial charge is 0.230 e. The van der Waals surface area contributed by atoms with E-state index in [9.17, 15) is 0 Å². The second-order valence-electron chi connectivity index (χ2n) is 7.73. The Labute approximate surface area is 122 Å². The van der Waals surface area contributed by atoms with Crippen LogP contribution in [-0.4, -0.2) is 21.7 Å². The molecule has 0 aromatic carbocycles. The first-order valence-corrected chi connectivity index (χ1v) is 7.00. The Morgan fingerprint density at radius 2 is 1.26 bits per heavy atom. The number of alkyl halides is 1. The summed E-state index contributed by atoms with van der Waals surface area (Å²) in [5.41, 5.74) is -1.13. The van der Waals surface area contributed by atoms with Crippen molar-refractivity contribution in [1.82, 2.24) is 0 Å². The van der Waals surface area contributed by atoms with E-state index in [1.54, 1.807) is 0 Å². The zero-order valence-corrected chi connectivity index (χ0v) is 14.6. The summed E-state index contributed by atoms with van der Waals surface area (Å²) in [6.07, 6.45) is 0.497. The predicted molar refractivity (Wildman–Crippen MR) is 79.5 cm³/mol. The van der Waals surface area contributed by atoms with E-state index in [1.807, 2.05) is 62.3 Å². The van der Waals surface area contributed by atoms with Crippen molar-refractivity contribution in [2.45, 2.75) is 90.5 Å². The van der Waals surface area contributed by atoms with Gasteiger partial charge in [0.2, 0.25) is 0 Å². The zero-order valence-electron chi connectivity index (χ0n) is 13.8. The van der Waals surface area contributed by atoms with Gasteiger partial charge in [0.25, 0.3) is 0 Å². The summed E-state index contributed by atoms with van der Waals surface area (Å²) in [7, 11) is 0. The normalized spacial score (nSPS) is 17.8. The van der Waals surface area contributed by atoms with E-state index in [-0.39, 0.29) is 11.1 Å². The fourth-order valence-electron chi connectivity index (χ4n) is 1.33. The summed E-state index contributed by atoms with van der Waals surface area (Å²) in [5, 5.41) is 8.43. The molecule has 0 aliphatic carbocycles. The average molecular weight is 293 g/mol. The molecule has 0 aliphatic heterocycles. The van der Waals surface area contributed by atoms with E-state index in [2.05, 4.69) is 10.2 Å². The standard InChI is InChI=1S/C14H29ClN2O2/c1-11(2,3)16-17-14(9,15)10-13(7,8)19-18-12(4,5)6/h10H2,1-9H3. The SMILES string of the molecule is CC(C)(C)N=NC(C)(Cl)CC(C)(C)OOC(C)(C)C. The lowest BCUT2D eigenvalue weighted by Crippen LogP contribution is -2.36. The Morgan fingerprint density at radius 1 is 0.789 bits per heavy atom. The second-order valence-corrected chi connectivity index (χ2v) is 8.54. The van der Waals surface area contributed by atoms with Crippen LogP contribution in [0, 0.1) is 0 Å². The Hall–Kier alpha value is -0.190. The molecule has 0 saturated heterocycles. The minimum absolute atomic E-state index is 0.233. The highest BCUT2D eigenvalue weighted by Gasteiger charge is 2.34. The van der Waals surface area contributed by atoms with Gasteiger partial charge in [-0.3, -0.25) is 0 Å². The van der Waals surface area contributed by atoms with Crippen LogP contribution in [-0.2, 0) is 9.78 Å². The number of hydrogen-bond acceptors (Lipinski definition) is 4. The van der Waals surface area contributed by atoms with Gasteiger partial charge in [-0.25, -0.2) is 9.78 Å². The quantitative estimate of drug-likeness (QED) is 0.232. The summed E-state index contributed by atoms with van der Waals surface area (Å²) in [5.74, 6) is 0. The maximum absolute atomic E-state index is 6.38. The van der Waals surface area contributed by atoms with Crippen molar-refractivity contribution in [2.75, 3.05) is 0 Å². The van der Waals surface area contributed by atoms with Gasteiger partial charge in [-0.2, -0.15) is 10.2 Å². The molecule has 5 heteroatoms. The van der Waals surface area contributed by atoms with Crippen molar-refractivity contribution in [2.24, 2.45) is 10.2 Å². The van der Waals surface area contributed by atoms with Gasteiger partial charge in [0.1, 0.15) is 5.60 Å². The van der Waals surface area contributed by atoms with Crippen molar-refractivity contribution in [3.8, 4) is 0 Å². The molecule has 0 rings (SSSR count). The highest BCUT2D eigenvalue weighted by Crippen LogP contribution is 2.32. The maximum Gasteiger partial charge on any atom is 0.154 e. The molecule has 0 aromatic heterocycles. The molecule has 0 aliphatic rings. The van der Waals surface area contributed by atoms with Gasteiger partial charge in [0, 0.05) is 6.42 Å². The molecule has 0 N–H and O–H groups in total. The van der Waals surface area contributed by atoms with Gasteiger partial charge < -0.3 is 0 Å². The van der Waals surface area contributed by atoms with Crippen LogP contribution in [0.2, 0.25) is 0 Å². The number of azo groups is 1. The van der Waals surface area contributed by atoms with E-state index < -0.39 is 10.6 Å². The Balaban J connectivity index is 4.59. The van der Waals surface area contributed by atoms with E-state index in [0.717, 1.165) is 0 Å². The van der Waals surface area contributed by atoms with E-state index >= 15 is 0 Å². The van der Waals surface area contributed by atoms with Crippen LogP contribution in [0.3, 0.4) is 0 Å². The molecule has 0 spiro atoms. The lowest BCUT2D eigenvalue weighted by atomic mass is 10.0. The molecule has 4 nitrogen and oxygen atoms in total. The molecule has 0 bridgehead atoms. The topological polar surface area (TPSA) is 43.2 Å². The van der Waals surface area contributed by atoms with Gasteiger partial charge in [0.15, 0.2) is 5.00 Å². The van der Waals surface area contributed by atoms with Gasteiger partial charge >= 0.3 is 0 Å². The maximum atomic E-state index is 6.38. The lowest BCUT2D eigenvalue weighted by molar-refractivity contribution is -0.398. The second kappa shape index (κ2) is 6.06. The smallest absolute Gasteiger partial charge is 0.154 e. The van der Waals surface area contributed by atoms with Crippen LogP contribution in [0.25, 0.3) is 0 Å². The summed E-state index contributed by atoms with van der Waals surface area (Å²) >= 11 is 6.38. The monoisotopic (exact) mass is 292 g/mol. The number of rotatable bonds is 5. The van der Waals surface area contributed by atoms with Crippen LogP contribution in [0.5, 0.6) is 0 Å². The van der Waals surface area contributed by atoms with Crippen molar-refractivity contribution in [3.63, 3.8) is 0 Å². The average Bonchev–Trinajstić information content (AvgIpc) is 2.09. The van der Waals surface area contributed by atoms with Crippen LogP contribution < -0.4 is 0 Å². The summed E-state index contributed by atoms with van der Waals surface area (Å²) in [6.45, 7) is 17.4. The van der Waals surface area contributed by atoms with Crippen molar-refractivity contribution in [1.29, 1.82) is 0 Å². The Bertz CT molecular complexity index is 312. The van der Waals surface area contributed by atoms with Crippen LogP contribution in [0.4, 0.5) is 0 Å². The third-order valence-electron chi connectivity index (χ3n) is 1.82. The third-order valence-corrected chi connectivity index (χ3v) is 2.03. The number of halogens is 1. The predicted octanol–water partition coefficient (Wildman–Crippen LogP) is 5.11. The third kappa shape index (κ3) is 11.3. The van der Waals surface area contributed by atoms with Crippen molar-refractivity contribution >= 4 is 11.6 Å². The highest BCUT2D eigenvalue weighted by molar-refractivity contribution is 6.23. The molecule has 0 heterocycles. The summed E-state index contributed by atoms with van der Waals surface area (Å²) in [6, 6.07) is 0. The number of nitrogens with zero attached hydrogens (tertiary/aromatic N) is 2. The zero-order chi connectivity index (χ0) is 15.5. The molecule has 19 heavy (non-hydrogen) atoms. The molecule has 0 radical (unpaired) electrons. The molecule has 0 fully saturated rings. The minimum Gasteiger partial charge on any atom is -0.230 e. The molecule has 0 saturated carbocycles. The molecule has 0 aromatic rings. The van der Waals surface area contributed by atoms with Gasteiger partial charge in [-0.1, -0.05) is 11.6 Å². The molecule has 0 amide bonds. The van der Waals surface area contributed by atoms with Crippen LogP contribution >= 0.6 is 11.6 Å². The lowest BCUT2D eigenvalue weighted by Gasteiger charge is -2.32. The summed E-state index contributed by atoms with van der Waals surface area (Å²) < 4.78 is 0. The van der Waals surface area contributed by atoms with Crippen molar-refractivity contribution < 1.29 is 9.78 Å². The van der Waals surface area contributed by atoms with Gasteiger partial charge in [-0.05, 0) is 62.3 Å². The first-order chi connectivity index (χ1) is 8.12. The van der Waals surface area contributed by atoms with E-state index in [0.29, 0.717) is 6.42 Å². The molecule has 114 valence electrons. The molecule has 1 unspecified atom stereocenters. The first-order valence-electron chi connectivity index (χ1n) is 6.62. The minimum atomic E-state index is -0.808. The van der Waals surface area contributed by atoms with E-state index in [4.69, 9.17) is 21.4 Å². The number of hydrogen-bond donors (Lipinski definition) is 0. The fraction of sp³-hybridized carbons (Fsp3) is 1.00.